The van der Waals surface area contributed by atoms with Crippen molar-refractivity contribution in [3.63, 3.8) is 0 Å². The van der Waals surface area contributed by atoms with Gasteiger partial charge < -0.3 is 11.5 Å². The number of nitrogens with one attached hydrogen (secondary N) is 1. The normalized spacial score (nSPS) is 14.7. The van der Waals surface area contributed by atoms with Gasteiger partial charge >= 0.3 is 0 Å². The van der Waals surface area contributed by atoms with E-state index in [0.29, 0.717) is 20.3 Å². The van der Waals surface area contributed by atoms with Gasteiger partial charge in [-0.15, -0.1) is 0 Å². The van der Waals surface area contributed by atoms with Crippen LogP contribution in [0.25, 0.3) is 0 Å². The van der Waals surface area contributed by atoms with Gasteiger partial charge in [0.1, 0.15) is 15.1 Å². The van der Waals surface area contributed by atoms with E-state index in [1.807, 2.05) is 12.2 Å². The lowest BCUT2D eigenvalue weighted by Crippen LogP contribution is -2.09. The van der Waals surface area contributed by atoms with E-state index in [0.717, 1.165) is 0 Å². The first-order valence-electron chi connectivity index (χ1n) is 4.66. The van der Waals surface area contributed by atoms with Gasteiger partial charge in [-0.1, -0.05) is 6.08 Å². The molecule has 0 aromatic heterocycles. The number of allylic oxidation sites excluding steroid dienone is 3. The van der Waals surface area contributed by atoms with Gasteiger partial charge in [0.15, 0.2) is 0 Å². The van der Waals surface area contributed by atoms with E-state index in [9.17, 15) is 0 Å². The molecule has 0 bridgehead atoms. The maximum Gasteiger partial charge on any atom is 0.134 e. The van der Waals surface area contributed by atoms with Crippen molar-refractivity contribution in [1.29, 1.82) is 5.41 Å². The highest BCUT2D eigenvalue weighted by atomic mass is 79.9. The molecule has 0 saturated carbocycles. The summed E-state index contributed by atoms with van der Waals surface area (Å²) in [6.07, 6.45) is 8.90. The number of rotatable bonds is 6. The van der Waals surface area contributed by atoms with E-state index in [1.54, 1.807) is 6.08 Å². The number of nitrogens with two attached hydrogens (primary N) is 2. The zero-order valence-corrected chi connectivity index (χ0v) is 14.0. The maximum atomic E-state index is 6.96. The lowest BCUT2D eigenvalue weighted by molar-refractivity contribution is 1.35. The molecule has 0 saturated heterocycles. The van der Waals surface area contributed by atoms with Crippen molar-refractivity contribution in [1.82, 2.24) is 0 Å². The Morgan fingerprint density at radius 2 is 1.89 bits per heavy atom. The average Bonchev–Trinajstić information content (AvgIpc) is 2.29. The van der Waals surface area contributed by atoms with Gasteiger partial charge in [-0.05, 0) is 66.4 Å². The average molecular weight is 442 g/mol. The van der Waals surface area contributed by atoms with Gasteiger partial charge in [-0.25, -0.2) is 9.98 Å². The monoisotopic (exact) mass is 439 g/mol. The van der Waals surface area contributed by atoms with Crippen molar-refractivity contribution in [3.05, 3.63) is 33.6 Å². The molecule has 0 aliphatic rings. The third kappa shape index (κ3) is 11.7. The highest BCUT2D eigenvalue weighted by Gasteiger charge is 1.87. The maximum absolute atomic E-state index is 6.96. The molecule has 0 heterocycles. The van der Waals surface area contributed by atoms with Crippen molar-refractivity contribution < 1.29 is 0 Å². The summed E-state index contributed by atoms with van der Waals surface area (Å²) in [7, 11) is 0. The van der Waals surface area contributed by atoms with E-state index >= 15 is 0 Å². The molecule has 0 amide bonds. The van der Waals surface area contributed by atoms with Crippen LogP contribution in [0.3, 0.4) is 0 Å². The zero-order chi connectivity index (χ0) is 14.0. The van der Waals surface area contributed by atoms with Crippen molar-refractivity contribution in [2.45, 2.75) is 6.42 Å². The van der Waals surface area contributed by atoms with Crippen LogP contribution < -0.4 is 11.5 Å². The Hall–Kier alpha value is -0.730. The predicted octanol–water partition coefficient (Wildman–Crippen LogP) is 3.12. The Kier molecular flexibility index (Phi) is 9.80. The number of halogens is 3. The predicted molar refractivity (Wildman–Crippen MR) is 88.7 cm³/mol. The summed E-state index contributed by atoms with van der Waals surface area (Å²) in [6.45, 7) is 0. The summed E-state index contributed by atoms with van der Waals surface area (Å²) in [5, 5.41) is 6.96. The molecule has 8 heteroatoms. The Bertz CT molecular complexity index is 431. The summed E-state index contributed by atoms with van der Waals surface area (Å²) in [5.41, 5.74) is 10.5. The first kappa shape index (κ1) is 17.3. The van der Waals surface area contributed by atoms with Crippen molar-refractivity contribution in [2.75, 3.05) is 0 Å². The summed E-state index contributed by atoms with van der Waals surface area (Å²) >= 11 is 9.55. The van der Waals surface area contributed by atoms with Gasteiger partial charge in [-0.2, -0.15) is 0 Å². The fraction of sp³-hybridized carbons (Fsp3) is 0.100. The first-order valence-corrected chi connectivity index (χ1v) is 7.04. The summed E-state index contributed by atoms with van der Waals surface area (Å²) in [4.78, 5) is 7.90. The van der Waals surface area contributed by atoms with Crippen molar-refractivity contribution in [2.24, 2.45) is 21.5 Å². The topological polar surface area (TPSA) is 101 Å². The molecular weight excluding hydrogens is 430 g/mol. The minimum Gasteiger partial charge on any atom is -0.392 e. The molecule has 98 valence electrons. The summed E-state index contributed by atoms with van der Waals surface area (Å²) in [5.74, 6) is -0.0927. The van der Waals surface area contributed by atoms with Crippen LogP contribution >= 0.6 is 47.8 Å². The number of aliphatic imine (C=N–C) groups is 2. The highest BCUT2D eigenvalue weighted by molar-refractivity contribution is 9.18. The lowest BCUT2D eigenvalue weighted by Gasteiger charge is -1.89. The van der Waals surface area contributed by atoms with Crippen LogP contribution in [0.15, 0.2) is 43.6 Å². The SMILES string of the molecule is N=C(N)C=N/C(Br)=C\C/C=C/C(Br)=N/C=C(\N)Br. The van der Waals surface area contributed by atoms with Crippen LogP contribution in [0, 0.1) is 5.41 Å². The molecule has 0 atom stereocenters. The lowest BCUT2D eigenvalue weighted by atomic mass is 10.4. The van der Waals surface area contributed by atoms with E-state index < -0.39 is 0 Å². The van der Waals surface area contributed by atoms with Gasteiger partial charge in [0.25, 0.3) is 0 Å². The van der Waals surface area contributed by atoms with Crippen LogP contribution in [0.5, 0.6) is 0 Å². The Morgan fingerprint density at radius 1 is 1.22 bits per heavy atom. The molecule has 0 aliphatic carbocycles. The van der Waals surface area contributed by atoms with E-state index in [2.05, 4.69) is 57.8 Å². The van der Waals surface area contributed by atoms with Crippen LogP contribution in [-0.4, -0.2) is 16.7 Å². The molecule has 0 aromatic carbocycles. The fourth-order valence-corrected chi connectivity index (χ4v) is 1.36. The molecule has 5 nitrogen and oxygen atoms in total. The molecule has 0 spiro atoms. The van der Waals surface area contributed by atoms with Gasteiger partial charge in [-0.3, -0.25) is 5.41 Å². The summed E-state index contributed by atoms with van der Waals surface area (Å²) < 4.78 is 1.72. The summed E-state index contributed by atoms with van der Waals surface area (Å²) in [6, 6.07) is 0. The van der Waals surface area contributed by atoms with E-state index in [1.165, 1.54) is 12.4 Å². The first-order chi connectivity index (χ1) is 8.41. The Morgan fingerprint density at radius 3 is 2.44 bits per heavy atom. The molecule has 0 aliphatic heterocycles. The second-order valence-electron chi connectivity index (χ2n) is 2.84. The Balaban J connectivity index is 4.26. The number of hydrogen-bond donors (Lipinski definition) is 3. The van der Waals surface area contributed by atoms with E-state index in [4.69, 9.17) is 16.9 Å². The van der Waals surface area contributed by atoms with Crippen LogP contribution in [0.1, 0.15) is 6.42 Å². The number of hydrogen-bond acceptors (Lipinski definition) is 4. The molecule has 0 radical (unpaired) electrons. The van der Waals surface area contributed by atoms with E-state index in [-0.39, 0.29) is 5.84 Å². The third-order valence-corrected chi connectivity index (χ3v) is 2.52. The zero-order valence-electron chi connectivity index (χ0n) is 9.28. The number of nitrogens with zero attached hydrogens (tertiary/aromatic N) is 2. The van der Waals surface area contributed by atoms with Crippen molar-refractivity contribution in [3.8, 4) is 0 Å². The van der Waals surface area contributed by atoms with Gasteiger partial charge in [0.05, 0.1) is 17.0 Å². The molecular formula is C10H12Br3N5. The van der Waals surface area contributed by atoms with Crippen LogP contribution in [0.2, 0.25) is 0 Å². The molecule has 0 unspecified atom stereocenters. The van der Waals surface area contributed by atoms with Gasteiger partial charge in [0, 0.05) is 0 Å². The van der Waals surface area contributed by atoms with Crippen LogP contribution in [0.4, 0.5) is 0 Å². The minimum atomic E-state index is -0.0927. The number of amidine groups is 1. The molecule has 0 fully saturated rings. The minimum absolute atomic E-state index is 0.0927. The molecule has 18 heavy (non-hydrogen) atoms. The second kappa shape index (κ2) is 10.2. The highest BCUT2D eigenvalue weighted by Crippen LogP contribution is 2.07. The smallest absolute Gasteiger partial charge is 0.134 e. The van der Waals surface area contributed by atoms with Crippen LogP contribution in [-0.2, 0) is 0 Å². The third-order valence-electron chi connectivity index (χ3n) is 1.32. The fourth-order valence-electron chi connectivity index (χ4n) is 0.681. The largest absolute Gasteiger partial charge is 0.392 e. The van der Waals surface area contributed by atoms with Gasteiger partial charge in [0.2, 0.25) is 0 Å². The molecule has 0 aromatic rings. The Labute approximate surface area is 131 Å². The van der Waals surface area contributed by atoms with Crippen molar-refractivity contribution >= 4 is 64.5 Å². The second-order valence-corrected chi connectivity index (χ2v) is 5.38. The quantitative estimate of drug-likeness (QED) is 0.335. The molecule has 0 rings (SSSR count). The molecule has 5 N–H and O–H groups in total. The standard InChI is InChI=1S/C10H12Br3N5/c11-7(14)5-17-8(12)3-1-2-4-9(13)18-6-10(15)16/h1,3-6H,2,14H2,(H3,15,16)/b3-1+,7-5-,9-4-,17-8-,18-6?.